The summed E-state index contributed by atoms with van der Waals surface area (Å²) in [6, 6.07) is 12.2. The summed E-state index contributed by atoms with van der Waals surface area (Å²) in [6.45, 7) is 10.2. The highest BCUT2D eigenvalue weighted by Crippen LogP contribution is 2.32. The quantitative estimate of drug-likeness (QED) is 0.482. The van der Waals surface area contributed by atoms with E-state index in [4.69, 9.17) is 14.7 Å². The molecule has 5 heterocycles. The second-order valence-corrected chi connectivity index (χ2v) is 8.57. The van der Waals surface area contributed by atoms with Crippen LogP contribution < -0.4 is 0 Å². The van der Waals surface area contributed by atoms with Crippen LogP contribution >= 0.6 is 0 Å². The van der Waals surface area contributed by atoms with Crippen molar-refractivity contribution in [1.82, 2.24) is 19.9 Å². The number of hydrogen-bond donors (Lipinski definition) is 2. The lowest BCUT2D eigenvalue weighted by molar-refractivity contribution is -0.136. The second-order valence-electron chi connectivity index (χ2n) is 8.57. The molecular weight excluding hydrogens is 412 g/mol. The summed E-state index contributed by atoms with van der Waals surface area (Å²) >= 11 is 0. The van der Waals surface area contributed by atoms with Gasteiger partial charge in [0.15, 0.2) is 0 Å². The first kappa shape index (κ1) is 20.9. The zero-order valence-electron chi connectivity index (χ0n) is 19.5. The summed E-state index contributed by atoms with van der Waals surface area (Å²) in [5.74, 6) is -0.368. The number of nitrogens with zero attached hydrogens (tertiary/aromatic N) is 2. The molecule has 0 aliphatic carbocycles. The Balaban J connectivity index is 1.89. The van der Waals surface area contributed by atoms with Crippen molar-refractivity contribution in [3.8, 4) is 0 Å². The van der Waals surface area contributed by atoms with Gasteiger partial charge in [0.1, 0.15) is 0 Å². The van der Waals surface area contributed by atoms with Crippen molar-refractivity contribution in [1.29, 1.82) is 0 Å². The van der Waals surface area contributed by atoms with E-state index in [1.165, 1.54) is 0 Å². The number of allylic oxidation sites excluding steroid dienone is 2. The molecule has 2 aliphatic rings. The number of ether oxygens (including phenoxy) is 1. The van der Waals surface area contributed by atoms with Gasteiger partial charge in [0.2, 0.25) is 0 Å². The first-order valence-electron chi connectivity index (χ1n) is 11.1. The highest BCUT2D eigenvalue weighted by molar-refractivity contribution is 6.25. The van der Waals surface area contributed by atoms with Gasteiger partial charge in [0.25, 0.3) is 0 Å². The van der Waals surface area contributed by atoms with Crippen molar-refractivity contribution in [3.63, 3.8) is 0 Å². The number of rotatable bonds is 2. The van der Waals surface area contributed by atoms with Gasteiger partial charge >= 0.3 is 5.97 Å². The number of esters is 1. The van der Waals surface area contributed by atoms with E-state index in [1.54, 1.807) is 6.92 Å². The first-order chi connectivity index (χ1) is 15.8. The molecule has 33 heavy (non-hydrogen) atoms. The first-order valence-corrected chi connectivity index (χ1v) is 11.1. The van der Waals surface area contributed by atoms with Crippen LogP contribution in [0.5, 0.6) is 0 Å². The van der Waals surface area contributed by atoms with Crippen LogP contribution in [0.15, 0.2) is 36.4 Å². The SMILES string of the molecule is CCOC(=O)C1=C(C)c2cc3[nH]c(cc3C)cc3cc(C)c(cc4nc(cc1n2)C=C4C)[nH]3. The van der Waals surface area contributed by atoms with Gasteiger partial charge in [-0.3, -0.25) is 0 Å². The Bertz CT molecular complexity index is 1530. The van der Waals surface area contributed by atoms with E-state index < -0.39 is 0 Å². The van der Waals surface area contributed by atoms with Gasteiger partial charge in [-0.25, -0.2) is 14.8 Å². The van der Waals surface area contributed by atoms with Crippen LogP contribution in [-0.4, -0.2) is 32.5 Å². The minimum atomic E-state index is -0.368. The average Bonchev–Trinajstić information content (AvgIpc) is 3.45. The lowest BCUT2D eigenvalue weighted by Gasteiger charge is -2.03. The zero-order chi connectivity index (χ0) is 23.3. The number of carbonyl (C=O) groups excluding carboxylic acids is 1. The van der Waals surface area contributed by atoms with Crippen LogP contribution in [-0.2, 0) is 9.53 Å². The lowest BCUT2D eigenvalue weighted by Crippen LogP contribution is -2.06. The molecule has 0 aromatic carbocycles. The minimum absolute atomic E-state index is 0.307. The third-order valence-electron chi connectivity index (χ3n) is 6.06. The van der Waals surface area contributed by atoms with Gasteiger partial charge < -0.3 is 14.7 Å². The fourth-order valence-electron chi connectivity index (χ4n) is 4.31. The molecule has 0 spiro atoms. The number of aryl methyl sites for hydroxylation is 2. The maximum absolute atomic E-state index is 12.8. The molecule has 0 atom stereocenters. The summed E-state index contributed by atoms with van der Waals surface area (Å²) < 4.78 is 5.34. The van der Waals surface area contributed by atoms with Crippen molar-refractivity contribution in [2.24, 2.45) is 0 Å². The van der Waals surface area contributed by atoms with Crippen molar-refractivity contribution >= 4 is 50.8 Å². The minimum Gasteiger partial charge on any atom is -0.462 e. The maximum atomic E-state index is 12.8. The zero-order valence-corrected chi connectivity index (χ0v) is 19.5. The van der Waals surface area contributed by atoms with Crippen molar-refractivity contribution in [2.45, 2.75) is 34.6 Å². The summed E-state index contributed by atoms with van der Waals surface area (Å²) in [5.41, 5.74) is 11.5. The Morgan fingerprint density at radius 2 is 1.45 bits per heavy atom. The molecular formula is C27H26N4O2. The monoisotopic (exact) mass is 438 g/mol. The average molecular weight is 439 g/mol. The van der Waals surface area contributed by atoms with Crippen molar-refractivity contribution in [3.05, 3.63) is 70.3 Å². The van der Waals surface area contributed by atoms with E-state index in [1.807, 2.05) is 32.1 Å². The van der Waals surface area contributed by atoms with Crippen LogP contribution in [0.3, 0.4) is 0 Å². The standard InChI is InChI=1S/C27H26N4O2/c1-6-33-27(32)26-17(5)24-13-23-15(3)8-19(29-23)10-18-7-14(2)21(28-18)12-22-16(4)9-20(30-22)11-25(26)31-24/h7-13,28-29H,6H2,1-5H3. The van der Waals surface area contributed by atoms with E-state index in [0.717, 1.165) is 61.4 Å². The summed E-state index contributed by atoms with van der Waals surface area (Å²) in [7, 11) is 0. The van der Waals surface area contributed by atoms with Gasteiger partial charge in [0, 0.05) is 22.1 Å². The molecule has 0 saturated carbocycles. The number of H-pyrrole nitrogens is 2. The van der Waals surface area contributed by atoms with Gasteiger partial charge in [-0.15, -0.1) is 0 Å². The number of fused-ring (bicyclic) bond motifs is 8. The molecule has 166 valence electrons. The fourth-order valence-corrected chi connectivity index (χ4v) is 4.31. The molecule has 5 rings (SSSR count). The van der Waals surface area contributed by atoms with E-state index >= 15 is 0 Å². The van der Waals surface area contributed by atoms with E-state index in [2.05, 4.69) is 48.1 Å². The van der Waals surface area contributed by atoms with Crippen LogP contribution in [0.1, 0.15) is 54.7 Å². The van der Waals surface area contributed by atoms with E-state index in [9.17, 15) is 4.79 Å². The van der Waals surface area contributed by atoms with Gasteiger partial charge in [-0.1, -0.05) is 0 Å². The largest absolute Gasteiger partial charge is 0.462 e. The normalized spacial score (nSPS) is 13.3. The Kier molecular flexibility index (Phi) is 5.01. The highest BCUT2D eigenvalue weighted by atomic mass is 16.5. The Morgan fingerprint density at radius 3 is 2.09 bits per heavy atom. The van der Waals surface area contributed by atoms with Crippen LogP contribution in [0.2, 0.25) is 0 Å². The highest BCUT2D eigenvalue weighted by Gasteiger charge is 2.24. The molecule has 0 amide bonds. The summed E-state index contributed by atoms with van der Waals surface area (Å²) in [5, 5.41) is 0. The Hall–Kier alpha value is -3.93. The number of hydrogen-bond acceptors (Lipinski definition) is 4. The molecule has 0 fully saturated rings. The topological polar surface area (TPSA) is 83.7 Å². The van der Waals surface area contributed by atoms with Crippen LogP contribution in [0, 0.1) is 13.8 Å². The molecule has 2 aliphatic heterocycles. The van der Waals surface area contributed by atoms with Gasteiger partial charge in [-0.05, 0) is 99.4 Å². The third-order valence-corrected chi connectivity index (χ3v) is 6.06. The molecule has 0 saturated heterocycles. The maximum Gasteiger partial charge on any atom is 0.340 e. The predicted molar refractivity (Wildman–Crippen MR) is 133 cm³/mol. The lowest BCUT2D eigenvalue weighted by atomic mass is 10.1. The van der Waals surface area contributed by atoms with Crippen LogP contribution in [0.25, 0.3) is 44.9 Å². The number of nitrogens with one attached hydrogen (secondary N) is 2. The molecule has 0 unspecified atom stereocenters. The van der Waals surface area contributed by atoms with Gasteiger partial charge in [0.05, 0.1) is 35.0 Å². The number of aromatic amines is 2. The van der Waals surface area contributed by atoms with E-state index in [-0.39, 0.29) is 5.97 Å². The number of aromatic nitrogens is 4. The summed E-state index contributed by atoms with van der Waals surface area (Å²) in [6.07, 6.45) is 2.01. The van der Waals surface area contributed by atoms with Gasteiger partial charge in [-0.2, -0.15) is 0 Å². The smallest absolute Gasteiger partial charge is 0.340 e. The molecule has 2 N–H and O–H groups in total. The molecule has 0 radical (unpaired) electrons. The second kappa shape index (κ2) is 7.89. The molecule has 3 aromatic rings. The fraction of sp³-hybridized carbons (Fsp3) is 0.222. The van der Waals surface area contributed by atoms with Crippen molar-refractivity contribution in [2.75, 3.05) is 6.61 Å². The Morgan fingerprint density at radius 1 is 0.818 bits per heavy atom. The molecule has 6 heteroatoms. The predicted octanol–water partition coefficient (Wildman–Crippen LogP) is 5.99. The molecule has 6 nitrogen and oxygen atoms in total. The molecule has 3 aromatic heterocycles. The number of carbonyl (C=O) groups is 1. The summed E-state index contributed by atoms with van der Waals surface area (Å²) in [4.78, 5) is 29.4. The van der Waals surface area contributed by atoms with Crippen LogP contribution in [0.4, 0.5) is 0 Å². The Labute approximate surface area is 192 Å². The molecule has 8 bridgehead atoms. The third kappa shape index (κ3) is 3.78. The van der Waals surface area contributed by atoms with Crippen molar-refractivity contribution < 1.29 is 9.53 Å². The van der Waals surface area contributed by atoms with E-state index in [0.29, 0.717) is 17.9 Å².